The number of esters is 2. The van der Waals surface area contributed by atoms with Crippen molar-refractivity contribution in [1.29, 1.82) is 0 Å². The minimum absolute atomic E-state index is 0.0767. The van der Waals surface area contributed by atoms with Crippen molar-refractivity contribution in [2.24, 2.45) is 29.6 Å². The third-order valence-corrected chi connectivity index (χ3v) is 20.2. The van der Waals surface area contributed by atoms with Crippen molar-refractivity contribution < 1.29 is 67.0 Å². The Labute approximate surface area is 567 Å². The van der Waals surface area contributed by atoms with Gasteiger partial charge in [-0.3, -0.25) is 47.9 Å². The van der Waals surface area contributed by atoms with Crippen molar-refractivity contribution in [2.45, 2.75) is 235 Å². The number of hydrogen-bond donors (Lipinski definition) is 3. The van der Waals surface area contributed by atoms with Gasteiger partial charge >= 0.3 is 11.9 Å². The number of carbonyl (C=O) groups excluding carboxylic acids is 11. The molecule has 2 fully saturated rings. The lowest BCUT2D eigenvalue weighted by atomic mass is 9.92. The van der Waals surface area contributed by atoms with Crippen LogP contribution in [0.1, 0.15) is 154 Å². The van der Waals surface area contributed by atoms with Crippen LogP contribution < -0.4 is 20.7 Å². The molecule has 1 aromatic carbocycles. The fraction of sp³-hybridized carbons (Fsp3) is 0.704. The molecule has 3 rings (SSSR count). The maximum absolute atomic E-state index is 15.3. The van der Waals surface area contributed by atoms with Gasteiger partial charge in [-0.2, -0.15) is 0 Å². The first-order valence-electron chi connectivity index (χ1n) is 34.2. The average Bonchev–Trinajstić information content (AvgIpc) is 0.818. The Kier molecular flexibility index (Phi) is 32.8. The second kappa shape index (κ2) is 38.0. The van der Waals surface area contributed by atoms with Gasteiger partial charge in [-0.1, -0.05) is 131 Å². The number of carbonyl (C=O) groups is 11. The number of fused-ring (bicyclic) bond motifs is 1. The van der Waals surface area contributed by atoms with E-state index >= 15 is 14.4 Å². The van der Waals surface area contributed by atoms with E-state index in [1.807, 2.05) is 26.8 Å². The number of likely N-dealkylation sites (N-methyl/N-ethyl adjacent to an activating group) is 5. The van der Waals surface area contributed by atoms with Gasteiger partial charge in [0, 0.05) is 56.3 Å². The predicted molar refractivity (Wildman–Crippen MR) is 370 cm³/mol. The summed E-state index contributed by atoms with van der Waals surface area (Å²) in [6.45, 7) is 31.3. The number of benzene rings is 1. The van der Waals surface area contributed by atoms with Gasteiger partial charge in [-0.05, 0) is 119 Å². The smallest absolute Gasteiger partial charge is 0.329 e. The monoisotopic (exact) mass is 1350 g/mol. The molecule has 95 heavy (non-hydrogen) atoms. The Bertz CT molecular complexity index is 2870. The minimum atomic E-state index is -1.70. The molecule has 2 aliphatic heterocycles. The maximum Gasteiger partial charge on any atom is 0.329 e. The number of amides is 9. The minimum Gasteiger partial charge on any atom is -0.490 e. The van der Waals surface area contributed by atoms with Crippen molar-refractivity contribution >= 4 is 73.2 Å². The fourth-order valence-electron chi connectivity index (χ4n) is 12.1. The second-order valence-corrected chi connectivity index (χ2v) is 34.4. The van der Waals surface area contributed by atoms with Crippen LogP contribution in [0.25, 0.3) is 0 Å². The summed E-state index contributed by atoms with van der Waals surface area (Å²) in [4.78, 5) is 170. The molecule has 24 heteroatoms. The van der Waals surface area contributed by atoms with E-state index in [1.165, 1.54) is 77.8 Å². The van der Waals surface area contributed by atoms with E-state index < -0.39 is 170 Å². The number of ether oxygens (including phenoxy) is 3. The first kappa shape index (κ1) is 82.1. The zero-order valence-electron chi connectivity index (χ0n) is 61.3. The van der Waals surface area contributed by atoms with Gasteiger partial charge in [0.05, 0.1) is 19.6 Å². The number of rotatable bonds is 20. The Morgan fingerprint density at radius 2 is 1.21 bits per heavy atom. The first-order chi connectivity index (χ1) is 44.3. The molecule has 0 aliphatic carbocycles. The Hall–Kier alpha value is -7.11. The van der Waals surface area contributed by atoms with Gasteiger partial charge in [0.15, 0.2) is 6.10 Å². The number of cyclic esters (lactones) is 1. The fourth-order valence-corrected chi connectivity index (χ4v) is 12.8. The Balaban J connectivity index is 2.28. The molecule has 1 aromatic rings. The summed E-state index contributed by atoms with van der Waals surface area (Å²) in [5.74, 6) is -10.3. The highest BCUT2D eigenvalue weighted by Crippen LogP contribution is 2.27. The van der Waals surface area contributed by atoms with Gasteiger partial charge in [0.1, 0.15) is 60.7 Å². The van der Waals surface area contributed by atoms with Gasteiger partial charge in [-0.15, -0.1) is 0 Å². The zero-order valence-corrected chi connectivity index (χ0v) is 62.3. The van der Waals surface area contributed by atoms with Crippen molar-refractivity contribution in [3.8, 4) is 5.75 Å². The van der Waals surface area contributed by atoms with Gasteiger partial charge < -0.3 is 59.6 Å². The molecule has 2 aliphatic rings. The molecular weight excluding hydrogens is 1230 g/mol. The molecule has 9 amide bonds. The third-order valence-electron chi connectivity index (χ3n) is 18.5. The van der Waals surface area contributed by atoms with E-state index in [0.29, 0.717) is 49.6 Å². The molecular formula is C71H117N9O14Si. The zero-order chi connectivity index (χ0) is 72.1. The average molecular weight is 1350 g/mol. The molecule has 534 valence electrons. The van der Waals surface area contributed by atoms with Crippen LogP contribution in [0, 0.1) is 29.6 Å². The third kappa shape index (κ3) is 23.9. The number of nitrogens with zero attached hydrogens (tertiary/aromatic N) is 6. The summed E-state index contributed by atoms with van der Waals surface area (Å²) in [5, 5.41) is 8.41. The second-order valence-electron chi connectivity index (χ2n) is 28.8. The van der Waals surface area contributed by atoms with E-state index in [1.54, 1.807) is 79.7 Å². The molecule has 11 atom stereocenters. The topological polar surface area (TPSA) is 271 Å². The maximum atomic E-state index is 15.3. The van der Waals surface area contributed by atoms with Crippen LogP contribution in [0.15, 0.2) is 47.6 Å². The Morgan fingerprint density at radius 1 is 0.653 bits per heavy atom. The first-order valence-corrected chi connectivity index (χ1v) is 37.9. The van der Waals surface area contributed by atoms with Crippen LogP contribution >= 0.6 is 0 Å². The van der Waals surface area contributed by atoms with Crippen LogP contribution in [-0.4, -0.2) is 219 Å². The summed E-state index contributed by atoms with van der Waals surface area (Å²) in [6, 6.07) is -2.73. The lowest BCUT2D eigenvalue weighted by Crippen LogP contribution is -2.63. The SMILES string of the molecule is CC[C@H](C)[C@H]1C(=O)NCC(=O)N(C)[C@@H](C(C)C)C(=O)N[C@@H](Cc2ccc(OC/C=C(\C)CCC=C(C)C)cc2)C(=O)O[C@H](C)C(=O)N2CCCC[C@H]2C(=O)N(C)[C@@H](C(C)C)C(=O)N[C@@H](C(C)C)C(=O)N(C)[C@@H](CC(=O)OCC[Si](C)(C)C)C(=O)N(C)[C@@H]([C@@H](C)CC)C(=O)N1C. The molecule has 3 N–H and O–H groups in total. The van der Waals surface area contributed by atoms with E-state index in [4.69, 9.17) is 14.2 Å². The van der Waals surface area contributed by atoms with E-state index in [9.17, 15) is 38.4 Å². The molecule has 0 bridgehead atoms. The predicted octanol–water partition coefficient (Wildman–Crippen LogP) is 7.18. The number of allylic oxidation sites excluding steroid dienone is 3. The number of nitrogens with one attached hydrogen (secondary N) is 3. The van der Waals surface area contributed by atoms with Crippen LogP contribution in [0.3, 0.4) is 0 Å². The molecule has 2 heterocycles. The molecule has 0 radical (unpaired) electrons. The van der Waals surface area contributed by atoms with Crippen molar-refractivity contribution in [1.82, 2.24) is 45.3 Å². The molecule has 0 unspecified atom stereocenters. The molecule has 2 saturated heterocycles. The lowest BCUT2D eigenvalue weighted by Gasteiger charge is -2.41. The van der Waals surface area contributed by atoms with Gasteiger partial charge in [-0.25, -0.2) is 4.79 Å². The summed E-state index contributed by atoms with van der Waals surface area (Å²) in [7, 11) is 5.33. The molecule has 0 aromatic heterocycles. The normalized spacial score (nSPS) is 24.7. The van der Waals surface area contributed by atoms with Crippen LogP contribution in [-0.2, 0) is 68.6 Å². The van der Waals surface area contributed by atoms with Crippen molar-refractivity contribution in [2.75, 3.05) is 61.5 Å². The van der Waals surface area contributed by atoms with Gasteiger partial charge in [0.2, 0.25) is 47.3 Å². The van der Waals surface area contributed by atoms with Crippen molar-refractivity contribution in [3.05, 3.63) is 53.1 Å². The lowest BCUT2D eigenvalue weighted by molar-refractivity contribution is -0.165. The van der Waals surface area contributed by atoms with Crippen LogP contribution in [0.5, 0.6) is 5.75 Å². The highest BCUT2D eigenvalue weighted by Gasteiger charge is 2.46. The highest BCUT2D eigenvalue weighted by molar-refractivity contribution is 6.76. The van der Waals surface area contributed by atoms with E-state index in [-0.39, 0.29) is 26.0 Å². The van der Waals surface area contributed by atoms with E-state index in [0.717, 1.165) is 17.7 Å². The standard InChI is InChI=1S/C71H117N9O14Si/c1-23-48(12)61-63(83)72-42-56(81)76(16)59(45(7)8)64(84)73-53(40-51-31-33-52(34-32-51)92-37-35-47(11)29-27-28-43(3)4)71(91)94-50(14)66(86)80-36-26-25-30-54(80)67(87)77(17)60(46(9)10)65(85)74-58(44(5)6)69(89)75(15)55(41-57(82)93-38-39-95(20,21)22)68(88)79(19)62(49(13)24-2)70(90)78(61)18/h28,31-35,44-46,48-50,53-55,58-62H,23-27,29-30,36-42H2,1-22H3,(H,72,83)(H,73,84)(H,74,85)/b47-35+/t48-,49-,50+,53-,54-,55-,58-,59-,60-,61-,62-/m0/s1. The number of piperidine rings is 1. The largest absolute Gasteiger partial charge is 0.490 e. The summed E-state index contributed by atoms with van der Waals surface area (Å²) in [5.41, 5.74) is 3.02. The van der Waals surface area contributed by atoms with Crippen LogP contribution in [0.4, 0.5) is 0 Å². The molecule has 23 nitrogen and oxygen atoms in total. The van der Waals surface area contributed by atoms with E-state index in [2.05, 4.69) is 55.5 Å². The molecule has 0 spiro atoms. The Morgan fingerprint density at radius 3 is 1.77 bits per heavy atom. The van der Waals surface area contributed by atoms with Crippen LogP contribution in [0.2, 0.25) is 25.7 Å². The quantitative estimate of drug-likeness (QED) is 0.0663. The molecule has 0 saturated carbocycles. The summed E-state index contributed by atoms with van der Waals surface area (Å²) in [6.07, 6.45) is 5.82. The van der Waals surface area contributed by atoms with Crippen molar-refractivity contribution in [3.63, 3.8) is 0 Å². The highest BCUT2D eigenvalue weighted by atomic mass is 28.3. The number of hydrogen-bond acceptors (Lipinski definition) is 14. The summed E-state index contributed by atoms with van der Waals surface area (Å²) < 4.78 is 17.7. The van der Waals surface area contributed by atoms with Gasteiger partial charge in [0.25, 0.3) is 5.91 Å². The summed E-state index contributed by atoms with van der Waals surface area (Å²) >= 11 is 0.